The highest BCUT2D eigenvalue weighted by Gasteiger charge is 2.45. The Morgan fingerprint density at radius 2 is 1.85 bits per heavy atom. The number of H-pyrrole nitrogens is 1. The van der Waals surface area contributed by atoms with Gasteiger partial charge in [-0.15, -0.1) is 0 Å². The lowest BCUT2D eigenvalue weighted by molar-refractivity contribution is 0.0988. The molecule has 2 aromatic heterocycles. The zero-order valence-electron chi connectivity index (χ0n) is 19.9. The second kappa shape index (κ2) is 8.22. The van der Waals surface area contributed by atoms with Crippen molar-refractivity contribution in [3.8, 4) is 11.4 Å². The third kappa shape index (κ3) is 3.60. The van der Waals surface area contributed by atoms with E-state index in [1.54, 1.807) is 14.0 Å². The normalized spacial score (nSPS) is 15.7. The zero-order valence-corrected chi connectivity index (χ0v) is 19.9. The number of methoxy groups -OCH3 is 1. The van der Waals surface area contributed by atoms with Gasteiger partial charge in [-0.2, -0.15) is 10.1 Å². The lowest BCUT2D eigenvalue weighted by Gasteiger charge is -2.30. The van der Waals surface area contributed by atoms with Crippen molar-refractivity contribution in [3.05, 3.63) is 82.5 Å². The molecule has 2 aromatic carbocycles. The number of ether oxygens (including phenoxy) is 1. The molecule has 1 N–H and O–H groups in total. The van der Waals surface area contributed by atoms with Gasteiger partial charge in [-0.25, -0.2) is 0 Å². The van der Waals surface area contributed by atoms with Gasteiger partial charge in [-0.05, 0) is 35.4 Å². The van der Waals surface area contributed by atoms with Crippen LogP contribution in [-0.2, 0) is 16.8 Å². The number of anilines is 1. The molecular weight excluding hydrogens is 430 g/mol. The Morgan fingerprint density at radius 1 is 1.12 bits per heavy atom. The van der Waals surface area contributed by atoms with Crippen LogP contribution in [0.1, 0.15) is 65.6 Å². The number of aromatic amines is 1. The molecule has 0 radical (unpaired) electrons. The molecule has 0 spiro atoms. The molecule has 4 aromatic rings. The Bertz CT molecular complexity index is 1350. The molecule has 1 amide bonds. The summed E-state index contributed by atoms with van der Waals surface area (Å²) in [5.41, 5.74) is 5.74. The predicted octanol–water partition coefficient (Wildman–Crippen LogP) is 4.96. The van der Waals surface area contributed by atoms with Crippen molar-refractivity contribution < 1.29 is 14.1 Å². The highest BCUT2D eigenvalue weighted by atomic mass is 16.5. The van der Waals surface area contributed by atoms with Crippen molar-refractivity contribution in [1.82, 2.24) is 20.3 Å². The van der Waals surface area contributed by atoms with Crippen LogP contribution in [0.3, 0.4) is 0 Å². The van der Waals surface area contributed by atoms with Gasteiger partial charge >= 0.3 is 0 Å². The highest BCUT2D eigenvalue weighted by molar-refractivity contribution is 6.10. The summed E-state index contributed by atoms with van der Waals surface area (Å²) in [6.45, 7) is 8.56. The lowest BCUT2D eigenvalue weighted by Crippen LogP contribution is -2.31. The Balaban J connectivity index is 1.66. The smallest absolute Gasteiger partial charge is 0.280 e. The number of rotatable bonds is 5. The molecule has 1 atom stereocenters. The van der Waals surface area contributed by atoms with Crippen molar-refractivity contribution in [2.45, 2.75) is 45.8 Å². The molecule has 0 saturated carbocycles. The second-order valence-electron chi connectivity index (χ2n) is 9.50. The molecule has 8 heteroatoms. The number of nitrogens with zero attached hydrogens (tertiary/aromatic N) is 4. The minimum absolute atomic E-state index is 0.137. The fraction of sp³-hybridized carbons (Fsp3) is 0.308. The Morgan fingerprint density at radius 3 is 2.50 bits per heavy atom. The number of hydrogen-bond acceptors (Lipinski definition) is 6. The topological polar surface area (TPSA) is 97.1 Å². The number of benzene rings is 2. The van der Waals surface area contributed by atoms with Gasteiger partial charge in [-0.1, -0.05) is 50.2 Å². The fourth-order valence-corrected chi connectivity index (χ4v) is 4.55. The summed E-state index contributed by atoms with van der Waals surface area (Å²) >= 11 is 0. The first-order chi connectivity index (χ1) is 16.3. The van der Waals surface area contributed by atoms with Crippen molar-refractivity contribution in [1.29, 1.82) is 0 Å². The number of amides is 1. The summed E-state index contributed by atoms with van der Waals surface area (Å²) in [5.74, 6) is 0.882. The minimum Gasteiger partial charge on any atom is -0.380 e. The van der Waals surface area contributed by atoms with Crippen LogP contribution in [0.5, 0.6) is 0 Å². The fourth-order valence-electron chi connectivity index (χ4n) is 4.55. The number of fused-ring (bicyclic) bond motifs is 1. The molecule has 1 aliphatic heterocycles. The number of nitrogens with one attached hydrogen (secondary N) is 1. The summed E-state index contributed by atoms with van der Waals surface area (Å²) in [7, 11) is 1.68. The van der Waals surface area contributed by atoms with Crippen molar-refractivity contribution in [3.63, 3.8) is 0 Å². The van der Waals surface area contributed by atoms with Gasteiger partial charge in [0.2, 0.25) is 11.7 Å². The quantitative estimate of drug-likeness (QED) is 0.455. The van der Waals surface area contributed by atoms with Crippen LogP contribution < -0.4 is 4.90 Å². The van der Waals surface area contributed by atoms with Gasteiger partial charge in [0.25, 0.3) is 5.91 Å². The van der Waals surface area contributed by atoms with Crippen LogP contribution in [0.25, 0.3) is 11.4 Å². The molecule has 0 bridgehead atoms. The zero-order chi connectivity index (χ0) is 24.0. The van der Waals surface area contributed by atoms with E-state index in [2.05, 4.69) is 47.2 Å². The molecule has 34 heavy (non-hydrogen) atoms. The Kier molecular flexibility index (Phi) is 5.32. The van der Waals surface area contributed by atoms with Crippen molar-refractivity contribution in [2.75, 3.05) is 12.0 Å². The highest BCUT2D eigenvalue weighted by Crippen LogP contribution is 2.46. The lowest BCUT2D eigenvalue weighted by atomic mass is 9.85. The van der Waals surface area contributed by atoms with Crippen LogP contribution in [0, 0.1) is 6.92 Å². The van der Waals surface area contributed by atoms with Crippen LogP contribution >= 0.6 is 0 Å². The average Bonchev–Trinajstić information content (AvgIpc) is 3.50. The summed E-state index contributed by atoms with van der Waals surface area (Å²) in [6, 6.07) is 15.4. The molecule has 0 saturated heterocycles. The molecule has 174 valence electrons. The Labute approximate surface area is 197 Å². The largest absolute Gasteiger partial charge is 0.380 e. The van der Waals surface area contributed by atoms with E-state index in [0.29, 0.717) is 24.0 Å². The Hall–Kier alpha value is -3.78. The first-order valence-corrected chi connectivity index (χ1v) is 11.2. The van der Waals surface area contributed by atoms with E-state index in [9.17, 15) is 4.79 Å². The van der Waals surface area contributed by atoms with Gasteiger partial charge in [-0.3, -0.25) is 14.8 Å². The van der Waals surface area contributed by atoms with E-state index in [-0.39, 0.29) is 17.4 Å². The average molecular weight is 458 g/mol. The van der Waals surface area contributed by atoms with Gasteiger partial charge < -0.3 is 9.26 Å². The van der Waals surface area contributed by atoms with Gasteiger partial charge in [0.15, 0.2) is 5.69 Å². The predicted molar refractivity (Wildman–Crippen MR) is 128 cm³/mol. The van der Waals surface area contributed by atoms with E-state index >= 15 is 0 Å². The van der Waals surface area contributed by atoms with E-state index in [1.807, 2.05) is 47.4 Å². The molecule has 1 aliphatic rings. The van der Waals surface area contributed by atoms with Crippen LogP contribution in [-0.4, -0.2) is 33.4 Å². The number of carbonyl (C=O) groups is 1. The standard InChI is InChI=1S/C26H27N5O3/c1-15-27-24(30-34-15)16-10-12-18(13-11-16)31-22(19-9-7-6-8-17(19)14-33-5)20-21(25(31)32)28-29-23(20)26(2,3)4/h6-13,22H,14H2,1-5H3,(H,28,29). The van der Waals surface area contributed by atoms with E-state index in [0.717, 1.165) is 33.6 Å². The summed E-state index contributed by atoms with van der Waals surface area (Å²) in [4.78, 5) is 19.8. The first kappa shape index (κ1) is 22.0. The van der Waals surface area contributed by atoms with Crippen molar-refractivity contribution in [2.24, 2.45) is 0 Å². The summed E-state index contributed by atoms with van der Waals surface area (Å²) in [6.07, 6.45) is 0. The van der Waals surface area contributed by atoms with Crippen LogP contribution in [0.4, 0.5) is 5.69 Å². The molecule has 0 fully saturated rings. The SMILES string of the molecule is COCc1ccccc1C1c2c(n[nH]c2C(C)(C)C)C(=O)N1c1ccc(-c2noc(C)n2)cc1. The van der Waals surface area contributed by atoms with Crippen molar-refractivity contribution >= 4 is 11.6 Å². The van der Waals surface area contributed by atoms with Gasteiger partial charge in [0.1, 0.15) is 0 Å². The molecular formula is C26H27N5O3. The number of hydrogen-bond donors (Lipinski definition) is 1. The van der Waals surface area contributed by atoms with Crippen LogP contribution in [0.2, 0.25) is 0 Å². The monoisotopic (exact) mass is 457 g/mol. The third-order valence-electron chi connectivity index (χ3n) is 6.09. The maximum Gasteiger partial charge on any atom is 0.280 e. The minimum atomic E-state index is -0.333. The second-order valence-corrected chi connectivity index (χ2v) is 9.50. The number of aryl methyl sites for hydroxylation is 1. The third-order valence-corrected chi connectivity index (χ3v) is 6.09. The van der Waals surface area contributed by atoms with Crippen LogP contribution in [0.15, 0.2) is 53.1 Å². The number of carbonyl (C=O) groups excluding carboxylic acids is 1. The molecule has 3 heterocycles. The van der Waals surface area contributed by atoms with E-state index in [4.69, 9.17) is 9.26 Å². The van der Waals surface area contributed by atoms with E-state index < -0.39 is 0 Å². The summed E-state index contributed by atoms with van der Waals surface area (Å²) in [5, 5.41) is 11.6. The molecule has 0 aliphatic carbocycles. The summed E-state index contributed by atoms with van der Waals surface area (Å²) < 4.78 is 10.6. The molecule has 8 nitrogen and oxygen atoms in total. The molecule has 1 unspecified atom stereocenters. The van der Waals surface area contributed by atoms with E-state index in [1.165, 1.54) is 0 Å². The molecule has 5 rings (SSSR count). The number of aromatic nitrogens is 4. The van der Waals surface area contributed by atoms with Gasteiger partial charge in [0.05, 0.1) is 12.6 Å². The van der Waals surface area contributed by atoms with Gasteiger partial charge in [0, 0.05) is 42.0 Å². The maximum atomic E-state index is 13.7. The maximum absolute atomic E-state index is 13.7. The first-order valence-electron chi connectivity index (χ1n) is 11.2.